The summed E-state index contributed by atoms with van der Waals surface area (Å²) >= 11 is 6.01. The topological polar surface area (TPSA) is 52.8 Å². The van der Waals surface area contributed by atoms with E-state index in [2.05, 4.69) is 15.1 Å². The van der Waals surface area contributed by atoms with Crippen molar-refractivity contribution in [3.05, 3.63) is 47.0 Å². The molecule has 5 nitrogen and oxygen atoms in total. The first-order valence-corrected chi connectivity index (χ1v) is 7.32. The zero-order chi connectivity index (χ0) is 17.3. The van der Waals surface area contributed by atoms with Crippen LogP contribution >= 0.6 is 11.6 Å². The quantitative estimate of drug-likeness (QED) is 0.668. The molecule has 3 aromatic heterocycles. The van der Waals surface area contributed by atoms with Gasteiger partial charge in [0, 0.05) is 18.0 Å². The lowest BCUT2D eigenvalue weighted by atomic mass is 10.2. The number of ether oxygens (including phenoxy) is 1. The molecule has 0 N–H and O–H groups in total. The lowest BCUT2D eigenvalue weighted by Gasteiger charge is -2.11. The van der Waals surface area contributed by atoms with Gasteiger partial charge in [-0.25, -0.2) is 9.97 Å². The Bertz CT molecular complexity index is 879. The smallest absolute Gasteiger partial charge is 0.422 e. The highest BCUT2D eigenvalue weighted by Gasteiger charge is 2.29. The monoisotopic (exact) mass is 356 g/mol. The molecule has 3 rings (SSSR count). The minimum Gasteiger partial charge on any atom is -0.468 e. The summed E-state index contributed by atoms with van der Waals surface area (Å²) in [7, 11) is 0. The van der Waals surface area contributed by atoms with Crippen molar-refractivity contribution >= 4 is 22.5 Å². The highest BCUT2D eigenvalue weighted by Crippen LogP contribution is 2.23. The molecular weight excluding hydrogens is 345 g/mol. The van der Waals surface area contributed by atoms with E-state index >= 15 is 0 Å². The molecule has 0 spiro atoms. The molecule has 9 heteroatoms. The number of alkyl halides is 3. The van der Waals surface area contributed by atoms with Crippen LogP contribution in [0.4, 0.5) is 13.2 Å². The molecule has 0 atom stereocenters. The third-order valence-electron chi connectivity index (χ3n) is 3.31. The van der Waals surface area contributed by atoms with Crippen LogP contribution in [0.25, 0.3) is 10.9 Å². The van der Waals surface area contributed by atoms with Gasteiger partial charge in [0.05, 0.1) is 23.6 Å². The van der Waals surface area contributed by atoms with Crippen molar-refractivity contribution < 1.29 is 17.9 Å². The van der Waals surface area contributed by atoms with Crippen LogP contribution in [0.1, 0.15) is 11.1 Å². The van der Waals surface area contributed by atoms with E-state index < -0.39 is 12.8 Å². The van der Waals surface area contributed by atoms with Crippen LogP contribution in [0.5, 0.6) is 5.88 Å². The second-order valence-electron chi connectivity index (χ2n) is 5.21. The number of fused-ring (bicyclic) bond motifs is 1. The normalized spacial score (nSPS) is 11.9. The fourth-order valence-electron chi connectivity index (χ4n) is 2.28. The number of pyridine rings is 2. The standard InChI is InChI=1S/C15H12ClF3N4O/c1-9-4-10(5-21-14(9)24-8-15(17,18)19)7-23-12-2-3-20-13(16)11(12)6-22-23/h2-6H,7-8H2,1H3. The molecule has 3 aromatic rings. The highest BCUT2D eigenvalue weighted by atomic mass is 35.5. The Balaban J connectivity index is 1.80. The van der Waals surface area contributed by atoms with Crippen molar-refractivity contribution in [3.63, 3.8) is 0 Å². The molecule has 3 heterocycles. The SMILES string of the molecule is Cc1cc(Cn2ncc3c(Cl)nccc32)cnc1OCC(F)(F)F. The maximum absolute atomic E-state index is 12.2. The summed E-state index contributed by atoms with van der Waals surface area (Å²) in [6, 6.07) is 3.50. The predicted molar refractivity (Wildman–Crippen MR) is 82.2 cm³/mol. The first-order chi connectivity index (χ1) is 11.3. The zero-order valence-electron chi connectivity index (χ0n) is 12.5. The Morgan fingerprint density at radius 2 is 2.04 bits per heavy atom. The van der Waals surface area contributed by atoms with E-state index in [1.165, 1.54) is 6.20 Å². The largest absolute Gasteiger partial charge is 0.468 e. The van der Waals surface area contributed by atoms with Gasteiger partial charge in [0.15, 0.2) is 6.61 Å². The molecule has 0 aliphatic rings. The number of nitrogens with zero attached hydrogens (tertiary/aromatic N) is 4. The Kier molecular flexibility index (Phi) is 4.31. The molecule has 0 bridgehead atoms. The van der Waals surface area contributed by atoms with Gasteiger partial charge in [-0.15, -0.1) is 0 Å². The number of rotatable bonds is 4. The second kappa shape index (κ2) is 6.27. The van der Waals surface area contributed by atoms with Crippen molar-refractivity contribution in [3.8, 4) is 5.88 Å². The Morgan fingerprint density at radius 3 is 2.75 bits per heavy atom. The molecule has 0 fully saturated rings. The van der Waals surface area contributed by atoms with Crippen molar-refractivity contribution in [2.45, 2.75) is 19.6 Å². The molecule has 24 heavy (non-hydrogen) atoms. The van der Waals surface area contributed by atoms with Crippen LogP contribution in [0, 0.1) is 6.92 Å². The lowest BCUT2D eigenvalue weighted by molar-refractivity contribution is -0.154. The van der Waals surface area contributed by atoms with Gasteiger partial charge in [-0.1, -0.05) is 11.6 Å². The van der Waals surface area contributed by atoms with Gasteiger partial charge in [-0.3, -0.25) is 4.68 Å². The summed E-state index contributed by atoms with van der Waals surface area (Å²) in [6.45, 7) is 0.677. The van der Waals surface area contributed by atoms with Crippen molar-refractivity contribution in [1.29, 1.82) is 0 Å². The lowest BCUT2D eigenvalue weighted by Crippen LogP contribution is -2.20. The molecule has 0 aliphatic carbocycles. The van der Waals surface area contributed by atoms with E-state index in [1.54, 1.807) is 36.1 Å². The Labute approximate surface area is 140 Å². The van der Waals surface area contributed by atoms with Crippen LogP contribution in [-0.2, 0) is 6.54 Å². The summed E-state index contributed by atoms with van der Waals surface area (Å²) in [5.41, 5.74) is 2.11. The zero-order valence-corrected chi connectivity index (χ0v) is 13.3. The Hall–Kier alpha value is -2.35. The maximum atomic E-state index is 12.2. The average Bonchev–Trinajstić information content (AvgIpc) is 2.90. The number of halogens is 4. The van der Waals surface area contributed by atoms with Gasteiger partial charge in [-0.2, -0.15) is 18.3 Å². The molecule has 0 unspecified atom stereocenters. The minimum absolute atomic E-state index is 0.0337. The number of hydrogen-bond donors (Lipinski definition) is 0. The maximum Gasteiger partial charge on any atom is 0.422 e. The van der Waals surface area contributed by atoms with E-state index in [-0.39, 0.29) is 5.88 Å². The fourth-order valence-corrected chi connectivity index (χ4v) is 2.48. The molecule has 0 saturated carbocycles. The van der Waals surface area contributed by atoms with Gasteiger partial charge in [-0.05, 0) is 24.6 Å². The summed E-state index contributed by atoms with van der Waals surface area (Å²) in [6.07, 6.45) is 0.273. The van der Waals surface area contributed by atoms with E-state index in [0.29, 0.717) is 17.3 Å². The van der Waals surface area contributed by atoms with E-state index in [0.717, 1.165) is 16.5 Å². The van der Waals surface area contributed by atoms with Crippen molar-refractivity contribution in [2.24, 2.45) is 0 Å². The summed E-state index contributed by atoms with van der Waals surface area (Å²) in [5, 5.41) is 5.35. The predicted octanol–water partition coefficient (Wildman–Crippen LogP) is 3.78. The highest BCUT2D eigenvalue weighted by molar-refractivity contribution is 6.34. The van der Waals surface area contributed by atoms with Gasteiger partial charge >= 0.3 is 6.18 Å². The first kappa shape index (κ1) is 16.5. The van der Waals surface area contributed by atoms with E-state index in [1.807, 2.05) is 0 Å². The van der Waals surface area contributed by atoms with Crippen molar-refractivity contribution in [2.75, 3.05) is 6.61 Å². The molecule has 0 radical (unpaired) electrons. The summed E-state index contributed by atoms with van der Waals surface area (Å²) in [5.74, 6) is -0.0337. The second-order valence-corrected chi connectivity index (χ2v) is 5.56. The van der Waals surface area contributed by atoms with Gasteiger partial charge in [0.1, 0.15) is 5.15 Å². The molecular formula is C15H12ClF3N4O. The third-order valence-corrected chi connectivity index (χ3v) is 3.62. The van der Waals surface area contributed by atoms with Gasteiger partial charge in [0.25, 0.3) is 0 Å². The van der Waals surface area contributed by atoms with Crippen LogP contribution in [0.3, 0.4) is 0 Å². The van der Waals surface area contributed by atoms with Gasteiger partial charge in [0.2, 0.25) is 5.88 Å². The summed E-state index contributed by atoms with van der Waals surface area (Å²) in [4.78, 5) is 7.94. The van der Waals surface area contributed by atoms with Crippen LogP contribution in [-0.4, -0.2) is 32.5 Å². The third kappa shape index (κ3) is 3.59. The van der Waals surface area contributed by atoms with E-state index in [4.69, 9.17) is 16.3 Å². The van der Waals surface area contributed by atoms with E-state index in [9.17, 15) is 13.2 Å². The molecule has 0 aromatic carbocycles. The minimum atomic E-state index is -4.39. The average molecular weight is 357 g/mol. The number of aromatic nitrogens is 4. The van der Waals surface area contributed by atoms with Gasteiger partial charge < -0.3 is 4.74 Å². The van der Waals surface area contributed by atoms with Crippen LogP contribution in [0.15, 0.2) is 30.7 Å². The molecule has 0 amide bonds. The fraction of sp³-hybridized carbons (Fsp3) is 0.267. The summed E-state index contributed by atoms with van der Waals surface area (Å²) < 4.78 is 43.0. The van der Waals surface area contributed by atoms with Crippen LogP contribution < -0.4 is 4.74 Å². The number of hydrogen-bond acceptors (Lipinski definition) is 4. The molecule has 0 saturated heterocycles. The first-order valence-electron chi connectivity index (χ1n) is 6.94. The number of aryl methyl sites for hydroxylation is 1. The van der Waals surface area contributed by atoms with Crippen molar-refractivity contribution in [1.82, 2.24) is 19.7 Å². The Morgan fingerprint density at radius 1 is 1.25 bits per heavy atom. The van der Waals surface area contributed by atoms with Crippen LogP contribution in [0.2, 0.25) is 5.15 Å². The molecule has 126 valence electrons. The molecule has 0 aliphatic heterocycles.